The van der Waals surface area contributed by atoms with Crippen molar-refractivity contribution >= 4 is 39.1 Å². The predicted molar refractivity (Wildman–Crippen MR) is 162 cm³/mol. The lowest BCUT2D eigenvalue weighted by Gasteiger charge is -2.34. The third-order valence-electron chi connectivity index (χ3n) is 6.97. The van der Waals surface area contributed by atoms with Crippen molar-refractivity contribution in [3.05, 3.63) is 100 Å². The molecule has 3 aromatic carbocycles. The summed E-state index contributed by atoms with van der Waals surface area (Å²) in [5.41, 5.74) is 0.788. The number of nitrogens with one attached hydrogen (secondary N) is 1. The number of alkyl halides is 3. The maximum Gasteiger partial charge on any atom is 0.416 e. The number of halogens is 4. The van der Waals surface area contributed by atoms with Crippen molar-refractivity contribution in [2.75, 3.05) is 17.1 Å². The van der Waals surface area contributed by atoms with Crippen LogP contribution in [0.2, 0.25) is 5.02 Å². The molecule has 0 fully saturated rings. The van der Waals surface area contributed by atoms with Crippen molar-refractivity contribution in [2.45, 2.75) is 58.4 Å². The molecule has 0 spiro atoms. The lowest BCUT2D eigenvalue weighted by Crippen LogP contribution is -2.54. The summed E-state index contributed by atoms with van der Waals surface area (Å²) in [5, 5.41) is 2.63. The van der Waals surface area contributed by atoms with Crippen LogP contribution in [0.15, 0.2) is 72.8 Å². The van der Waals surface area contributed by atoms with E-state index in [1.165, 1.54) is 4.90 Å². The number of carbonyl (C=O) groups is 2. The maximum atomic E-state index is 14.1. The number of anilines is 1. The first-order valence-corrected chi connectivity index (χ1v) is 15.9. The highest BCUT2D eigenvalue weighted by Crippen LogP contribution is 2.36. The van der Waals surface area contributed by atoms with Crippen LogP contribution >= 0.6 is 11.6 Å². The van der Waals surface area contributed by atoms with Crippen molar-refractivity contribution < 1.29 is 31.2 Å². The molecule has 0 bridgehead atoms. The minimum atomic E-state index is -4.78. The molecule has 1 N–H and O–H groups in total. The maximum absolute atomic E-state index is 14.1. The molecule has 0 aliphatic heterocycles. The summed E-state index contributed by atoms with van der Waals surface area (Å²) in [7, 11) is -4.30. The van der Waals surface area contributed by atoms with E-state index >= 15 is 0 Å². The van der Waals surface area contributed by atoms with Crippen molar-refractivity contribution in [1.29, 1.82) is 0 Å². The Bertz CT molecular complexity index is 1520. The molecule has 0 aliphatic carbocycles. The van der Waals surface area contributed by atoms with Crippen molar-refractivity contribution in [2.24, 2.45) is 0 Å². The van der Waals surface area contributed by atoms with Gasteiger partial charge in [0.1, 0.15) is 12.6 Å². The van der Waals surface area contributed by atoms with Crippen LogP contribution in [0.1, 0.15) is 42.5 Å². The fourth-order valence-corrected chi connectivity index (χ4v) is 5.48. The topological polar surface area (TPSA) is 86.8 Å². The van der Waals surface area contributed by atoms with Gasteiger partial charge in [-0.05, 0) is 49.6 Å². The summed E-state index contributed by atoms with van der Waals surface area (Å²) in [6.45, 7) is 4.68. The van der Waals surface area contributed by atoms with Crippen LogP contribution in [-0.4, -0.2) is 50.0 Å². The highest BCUT2D eigenvalue weighted by atomic mass is 35.5. The highest BCUT2D eigenvalue weighted by molar-refractivity contribution is 7.92. The summed E-state index contributed by atoms with van der Waals surface area (Å²) in [6.07, 6.45) is -3.26. The molecule has 0 aromatic heterocycles. The molecule has 0 unspecified atom stereocenters. The Labute approximate surface area is 255 Å². The third kappa shape index (κ3) is 9.46. The van der Waals surface area contributed by atoms with E-state index in [-0.39, 0.29) is 24.0 Å². The minimum absolute atomic E-state index is 0.0571. The van der Waals surface area contributed by atoms with E-state index in [0.717, 1.165) is 29.5 Å². The van der Waals surface area contributed by atoms with Crippen LogP contribution in [-0.2, 0) is 38.8 Å². The quantitative estimate of drug-likeness (QED) is 0.264. The van der Waals surface area contributed by atoms with Crippen molar-refractivity contribution in [3.63, 3.8) is 0 Å². The molecule has 2 amide bonds. The molecule has 3 rings (SSSR count). The number of amides is 2. The molecule has 12 heteroatoms. The number of hydrogen-bond acceptors (Lipinski definition) is 4. The molecular formula is C31H35ClF3N3O4S. The van der Waals surface area contributed by atoms with Crippen LogP contribution < -0.4 is 9.62 Å². The summed E-state index contributed by atoms with van der Waals surface area (Å²) in [5.74, 6) is -1.23. The smallest absolute Gasteiger partial charge is 0.352 e. The molecule has 7 nitrogen and oxygen atoms in total. The van der Waals surface area contributed by atoms with Gasteiger partial charge in [0.25, 0.3) is 0 Å². The number of benzene rings is 3. The van der Waals surface area contributed by atoms with E-state index in [1.807, 2.05) is 51.1 Å². The van der Waals surface area contributed by atoms with Gasteiger partial charge in [-0.1, -0.05) is 78.7 Å². The largest absolute Gasteiger partial charge is 0.416 e. The molecule has 232 valence electrons. The van der Waals surface area contributed by atoms with E-state index in [4.69, 9.17) is 11.6 Å². The lowest BCUT2D eigenvalue weighted by atomic mass is 10.0. The number of rotatable bonds is 12. The van der Waals surface area contributed by atoms with Crippen LogP contribution in [0.3, 0.4) is 0 Å². The molecule has 0 heterocycles. The average Bonchev–Trinajstić information content (AvgIpc) is 2.94. The number of nitrogens with zero attached hydrogens (tertiary/aromatic N) is 2. The molecule has 0 radical (unpaired) electrons. The second-order valence-corrected chi connectivity index (χ2v) is 12.8. The lowest BCUT2D eigenvalue weighted by molar-refractivity contribution is -0.140. The van der Waals surface area contributed by atoms with Gasteiger partial charge in [-0.3, -0.25) is 13.9 Å². The second-order valence-electron chi connectivity index (χ2n) is 10.5. The summed E-state index contributed by atoms with van der Waals surface area (Å²) >= 11 is 6.19. The van der Waals surface area contributed by atoms with Crippen LogP contribution in [0.4, 0.5) is 18.9 Å². The molecule has 3 aromatic rings. The predicted octanol–water partition coefficient (Wildman–Crippen LogP) is 5.99. The van der Waals surface area contributed by atoms with Crippen LogP contribution in [0.25, 0.3) is 0 Å². The average molecular weight is 638 g/mol. The van der Waals surface area contributed by atoms with Gasteiger partial charge in [0.15, 0.2) is 0 Å². The number of carbonyl (C=O) groups excluding carboxylic acids is 2. The Kier molecular flexibility index (Phi) is 11.3. The Hall–Kier alpha value is -3.57. The van der Waals surface area contributed by atoms with Gasteiger partial charge < -0.3 is 10.2 Å². The van der Waals surface area contributed by atoms with Crippen molar-refractivity contribution in [1.82, 2.24) is 10.2 Å². The Balaban J connectivity index is 2.11. The Morgan fingerprint density at radius 3 is 2.16 bits per heavy atom. The van der Waals surface area contributed by atoms with Crippen molar-refractivity contribution in [3.8, 4) is 0 Å². The number of sulfonamides is 1. The van der Waals surface area contributed by atoms with E-state index in [1.54, 1.807) is 24.3 Å². The van der Waals surface area contributed by atoms with Crippen LogP contribution in [0, 0.1) is 6.92 Å². The van der Waals surface area contributed by atoms with E-state index in [2.05, 4.69) is 5.32 Å². The standard InChI is InChI=1S/C31H35ClF3N3O4S/c1-5-22(3)36-30(40)28(17-23-9-7-6-8-10-23)37(19-24-13-11-21(2)12-14-24)29(39)20-38(43(4,41)42)27-18-25(31(33,34)35)15-16-26(27)32/h6-16,18,22,28H,5,17,19-20H2,1-4H3,(H,36,40)/t22-,28-/m0/s1. The van der Waals surface area contributed by atoms with Gasteiger partial charge in [-0.15, -0.1) is 0 Å². The van der Waals surface area contributed by atoms with Gasteiger partial charge >= 0.3 is 6.18 Å². The van der Waals surface area contributed by atoms with Gasteiger partial charge in [0, 0.05) is 19.0 Å². The molecule has 0 aliphatic rings. The SMILES string of the molecule is CC[C@H](C)NC(=O)[C@H](Cc1ccccc1)N(Cc1ccc(C)cc1)C(=O)CN(c1cc(C(F)(F)F)ccc1Cl)S(C)(=O)=O. The molecule has 2 atom stereocenters. The highest BCUT2D eigenvalue weighted by Gasteiger charge is 2.36. The Morgan fingerprint density at radius 2 is 1.60 bits per heavy atom. The van der Waals surface area contributed by atoms with E-state index in [0.29, 0.717) is 22.4 Å². The summed E-state index contributed by atoms with van der Waals surface area (Å²) in [6, 6.07) is 17.3. The van der Waals surface area contributed by atoms with E-state index < -0.39 is 51.9 Å². The van der Waals surface area contributed by atoms with E-state index in [9.17, 15) is 31.2 Å². The monoisotopic (exact) mass is 637 g/mol. The number of aryl methyl sites for hydroxylation is 1. The molecule has 0 saturated heterocycles. The molecule has 43 heavy (non-hydrogen) atoms. The zero-order valence-corrected chi connectivity index (χ0v) is 25.9. The first kappa shape index (κ1) is 33.9. The first-order valence-electron chi connectivity index (χ1n) is 13.6. The van der Waals surface area contributed by atoms with Gasteiger partial charge in [0.05, 0.1) is 22.5 Å². The van der Waals surface area contributed by atoms with Gasteiger partial charge in [-0.2, -0.15) is 13.2 Å². The van der Waals surface area contributed by atoms with Gasteiger partial charge in [0.2, 0.25) is 21.8 Å². The zero-order chi connectivity index (χ0) is 31.9. The minimum Gasteiger partial charge on any atom is -0.352 e. The summed E-state index contributed by atoms with van der Waals surface area (Å²) in [4.78, 5) is 29.1. The number of hydrogen-bond donors (Lipinski definition) is 1. The fourth-order valence-electron chi connectivity index (χ4n) is 4.36. The third-order valence-corrected chi connectivity index (χ3v) is 8.41. The summed E-state index contributed by atoms with van der Waals surface area (Å²) < 4.78 is 66.9. The second kappa shape index (κ2) is 14.3. The zero-order valence-electron chi connectivity index (χ0n) is 24.4. The van der Waals surface area contributed by atoms with Crippen LogP contribution in [0.5, 0.6) is 0 Å². The molecular weight excluding hydrogens is 603 g/mol. The van der Waals surface area contributed by atoms with Gasteiger partial charge in [-0.25, -0.2) is 8.42 Å². The normalized spacial score (nSPS) is 13.2. The molecule has 0 saturated carbocycles. The fraction of sp³-hybridized carbons (Fsp3) is 0.355. The Morgan fingerprint density at radius 1 is 0.977 bits per heavy atom. The first-order chi connectivity index (χ1) is 20.1.